The summed E-state index contributed by atoms with van der Waals surface area (Å²) in [6.07, 6.45) is 0. The summed E-state index contributed by atoms with van der Waals surface area (Å²) in [7, 11) is 3.10. The number of anilines is 3. The predicted octanol–water partition coefficient (Wildman–Crippen LogP) is 4.41. The first-order valence-corrected chi connectivity index (χ1v) is 9.13. The van der Waals surface area contributed by atoms with Gasteiger partial charge in [-0.1, -0.05) is 12.1 Å². The normalized spacial score (nSPS) is 10.4. The molecule has 0 unspecified atom stereocenters. The van der Waals surface area contributed by atoms with E-state index in [0.29, 0.717) is 28.8 Å². The Morgan fingerprint density at radius 1 is 0.931 bits per heavy atom. The molecule has 1 aromatic heterocycles. The molecule has 7 nitrogen and oxygen atoms in total. The average Bonchev–Trinajstić information content (AvgIpc) is 2.71. The maximum atomic E-state index is 12.7. The number of nitrogens with one attached hydrogen (secondary N) is 2. The number of hydrogen-bond acceptors (Lipinski definition) is 6. The molecule has 3 aromatic rings. The van der Waals surface area contributed by atoms with Crippen LogP contribution in [-0.4, -0.2) is 30.1 Å². The smallest absolute Gasteiger partial charge is 0.274 e. The molecular formula is C22H24N4O3. The average molecular weight is 392 g/mol. The van der Waals surface area contributed by atoms with Crippen molar-refractivity contribution in [2.24, 2.45) is 0 Å². The molecule has 29 heavy (non-hydrogen) atoms. The number of amides is 1. The number of ether oxygens (including phenoxy) is 2. The third-order valence-corrected chi connectivity index (χ3v) is 4.58. The second-order valence-corrected chi connectivity index (χ2v) is 6.58. The van der Waals surface area contributed by atoms with Crippen LogP contribution in [0.15, 0.2) is 42.5 Å². The van der Waals surface area contributed by atoms with E-state index in [0.717, 1.165) is 11.3 Å². The Bertz CT molecular complexity index is 1050. The first-order valence-electron chi connectivity index (χ1n) is 9.13. The van der Waals surface area contributed by atoms with Crippen LogP contribution in [0.1, 0.15) is 27.4 Å². The van der Waals surface area contributed by atoms with Crippen molar-refractivity contribution in [2.75, 3.05) is 24.9 Å². The number of methoxy groups -OCH3 is 2. The summed E-state index contributed by atoms with van der Waals surface area (Å²) in [4.78, 5) is 21.4. The second kappa shape index (κ2) is 8.60. The van der Waals surface area contributed by atoms with Crippen LogP contribution in [0.2, 0.25) is 0 Å². The van der Waals surface area contributed by atoms with Gasteiger partial charge in [0.2, 0.25) is 0 Å². The highest BCUT2D eigenvalue weighted by atomic mass is 16.5. The fourth-order valence-corrected chi connectivity index (χ4v) is 2.88. The molecule has 0 aliphatic heterocycles. The number of aryl methyl sites for hydroxylation is 2. The van der Waals surface area contributed by atoms with Crippen LogP contribution in [0.4, 0.5) is 17.2 Å². The highest BCUT2D eigenvalue weighted by Gasteiger charge is 2.13. The summed E-state index contributed by atoms with van der Waals surface area (Å²) in [5.41, 5.74) is 4.08. The lowest BCUT2D eigenvalue weighted by atomic mass is 10.1. The van der Waals surface area contributed by atoms with Gasteiger partial charge in [0.1, 0.15) is 17.3 Å². The number of nitrogens with zero attached hydrogens (tertiary/aromatic N) is 2. The number of aromatic nitrogens is 2. The van der Waals surface area contributed by atoms with Crippen LogP contribution in [0.3, 0.4) is 0 Å². The second-order valence-electron chi connectivity index (χ2n) is 6.58. The lowest BCUT2D eigenvalue weighted by molar-refractivity contribution is 0.102. The zero-order chi connectivity index (χ0) is 21.0. The highest BCUT2D eigenvalue weighted by molar-refractivity contribution is 6.03. The van der Waals surface area contributed by atoms with Crippen molar-refractivity contribution < 1.29 is 14.3 Å². The monoisotopic (exact) mass is 392 g/mol. The van der Waals surface area contributed by atoms with E-state index >= 15 is 0 Å². The molecule has 0 fully saturated rings. The van der Waals surface area contributed by atoms with Gasteiger partial charge in [-0.05, 0) is 50.1 Å². The van der Waals surface area contributed by atoms with Gasteiger partial charge in [0, 0.05) is 23.5 Å². The Morgan fingerprint density at radius 2 is 1.69 bits per heavy atom. The Balaban J connectivity index is 1.84. The third kappa shape index (κ3) is 4.63. The standard InChI is InChI=1S/C22H24N4O3/c1-13-7-6-8-17(14(13)2)26-21-12-18(23-15(3)24-21)22(27)25-16-9-10-19(28-4)20(11-16)29-5/h6-12H,1-5H3,(H,25,27)(H,23,24,26). The van der Waals surface area contributed by atoms with Crippen LogP contribution < -0.4 is 20.1 Å². The fourth-order valence-electron chi connectivity index (χ4n) is 2.88. The minimum absolute atomic E-state index is 0.264. The van der Waals surface area contributed by atoms with Crippen LogP contribution >= 0.6 is 0 Å². The van der Waals surface area contributed by atoms with Crippen LogP contribution in [-0.2, 0) is 0 Å². The van der Waals surface area contributed by atoms with Gasteiger partial charge in [-0.3, -0.25) is 4.79 Å². The zero-order valence-electron chi connectivity index (χ0n) is 17.2. The topological polar surface area (TPSA) is 85.4 Å². The van der Waals surface area contributed by atoms with E-state index in [9.17, 15) is 4.79 Å². The van der Waals surface area contributed by atoms with E-state index < -0.39 is 0 Å². The summed E-state index contributed by atoms with van der Waals surface area (Å²) >= 11 is 0. The first-order chi connectivity index (χ1) is 13.9. The van der Waals surface area contributed by atoms with E-state index in [4.69, 9.17) is 9.47 Å². The van der Waals surface area contributed by atoms with Crippen LogP contribution in [0, 0.1) is 20.8 Å². The molecule has 0 radical (unpaired) electrons. The number of carbonyl (C=O) groups is 1. The van der Waals surface area contributed by atoms with Gasteiger partial charge in [-0.15, -0.1) is 0 Å². The molecule has 150 valence electrons. The van der Waals surface area contributed by atoms with Gasteiger partial charge in [0.05, 0.1) is 14.2 Å². The molecule has 7 heteroatoms. The van der Waals surface area contributed by atoms with Gasteiger partial charge in [0.25, 0.3) is 5.91 Å². The van der Waals surface area contributed by atoms with E-state index in [2.05, 4.69) is 20.6 Å². The molecule has 0 atom stereocenters. The van der Waals surface area contributed by atoms with Gasteiger partial charge in [-0.2, -0.15) is 0 Å². The summed E-state index contributed by atoms with van der Waals surface area (Å²) in [5, 5.41) is 6.11. The van der Waals surface area contributed by atoms with E-state index in [1.54, 1.807) is 45.4 Å². The lowest BCUT2D eigenvalue weighted by Crippen LogP contribution is -2.15. The SMILES string of the molecule is COc1ccc(NC(=O)c2cc(Nc3cccc(C)c3C)nc(C)n2)cc1OC. The minimum atomic E-state index is -0.341. The fraction of sp³-hybridized carbons (Fsp3) is 0.227. The van der Waals surface area contributed by atoms with Crippen LogP contribution in [0.5, 0.6) is 11.5 Å². The summed E-state index contributed by atoms with van der Waals surface area (Å²) in [5.74, 6) is 1.83. The van der Waals surface area contributed by atoms with Crippen molar-refractivity contribution in [1.29, 1.82) is 0 Å². The Hall–Kier alpha value is -3.61. The summed E-state index contributed by atoms with van der Waals surface area (Å²) in [6.45, 7) is 5.84. The van der Waals surface area contributed by atoms with Crippen molar-refractivity contribution in [2.45, 2.75) is 20.8 Å². The summed E-state index contributed by atoms with van der Waals surface area (Å²) in [6, 6.07) is 12.8. The maximum absolute atomic E-state index is 12.7. The first kappa shape index (κ1) is 20.1. The predicted molar refractivity (Wildman–Crippen MR) is 113 cm³/mol. The number of benzene rings is 2. The molecule has 2 N–H and O–H groups in total. The molecule has 1 heterocycles. The molecular weight excluding hydrogens is 368 g/mol. The van der Waals surface area contributed by atoms with Crippen LogP contribution in [0.25, 0.3) is 0 Å². The molecule has 3 rings (SSSR count). The molecule has 1 amide bonds. The number of hydrogen-bond donors (Lipinski definition) is 2. The van der Waals surface area contributed by atoms with Crippen molar-refractivity contribution in [1.82, 2.24) is 9.97 Å². The number of carbonyl (C=O) groups excluding carboxylic acids is 1. The van der Waals surface area contributed by atoms with Gasteiger partial charge < -0.3 is 20.1 Å². The molecule has 0 spiro atoms. The van der Waals surface area contributed by atoms with Gasteiger partial charge in [-0.25, -0.2) is 9.97 Å². The van der Waals surface area contributed by atoms with E-state index in [1.807, 2.05) is 32.0 Å². The maximum Gasteiger partial charge on any atom is 0.274 e. The van der Waals surface area contributed by atoms with Crippen molar-refractivity contribution in [3.63, 3.8) is 0 Å². The van der Waals surface area contributed by atoms with Crippen molar-refractivity contribution in [3.05, 3.63) is 65.1 Å². The molecule has 0 bridgehead atoms. The van der Waals surface area contributed by atoms with Crippen molar-refractivity contribution >= 4 is 23.1 Å². The Kier molecular flexibility index (Phi) is 5.97. The third-order valence-electron chi connectivity index (χ3n) is 4.58. The highest BCUT2D eigenvalue weighted by Crippen LogP contribution is 2.30. The van der Waals surface area contributed by atoms with Gasteiger partial charge >= 0.3 is 0 Å². The van der Waals surface area contributed by atoms with E-state index in [-0.39, 0.29) is 11.6 Å². The Labute approximate surface area is 170 Å². The Morgan fingerprint density at radius 3 is 2.41 bits per heavy atom. The van der Waals surface area contributed by atoms with Crippen molar-refractivity contribution in [3.8, 4) is 11.5 Å². The zero-order valence-corrected chi connectivity index (χ0v) is 17.2. The molecule has 0 aliphatic carbocycles. The largest absolute Gasteiger partial charge is 0.493 e. The quantitative estimate of drug-likeness (QED) is 0.646. The molecule has 0 saturated heterocycles. The molecule has 0 saturated carbocycles. The summed E-state index contributed by atoms with van der Waals surface area (Å²) < 4.78 is 10.5. The molecule has 0 aliphatic rings. The minimum Gasteiger partial charge on any atom is -0.493 e. The molecule has 2 aromatic carbocycles. The lowest BCUT2D eigenvalue weighted by Gasteiger charge is -2.13. The van der Waals surface area contributed by atoms with E-state index in [1.165, 1.54) is 5.56 Å². The van der Waals surface area contributed by atoms with Gasteiger partial charge in [0.15, 0.2) is 11.5 Å². The number of rotatable bonds is 6.